The highest BCUT2D eigenvalue weighted by atomic mass is 16.5. The van der Waals surface area contributed by atoms with Gasteiger partial charge in [0, 0.05) is 0 Å². The monoisotopic (exact) mass is 364 g/mol. The SMILES string of the molecule is COC(=O)[C@](C)(CO)NC(=O)[C@H](C)N1[C@H](c2ccccc2)COC1(C)C. The molecule has 1 saturated heterocycles. The van der Waals surface area contributed by atoms with Gasteiger partial charge in [-0.3, -0.25) is 9.69 Å². The third kappa shape index (κ3) is 3.90. The van der Waals surface area contributed by atoms with Gasteiger partial charge in [-0.2, -0.15) is 0 Å². The number of ether oxygens (including phenoxy) is 2. The standard InChI is InChI=1S/C19H28N2O5/c1-13(16(23)20-19(4,12-22)17(24)25-5)21-15(11-26-18(21,2)3)14-9-7-6-8-10-14/h6-10,13,15,22H,11-12H2,1-5H3,(H,20,23)/t13-,15-,19-/m0/s1. The summed E-state index contributed by atoms with van der Waals surface area (Å²) in [4.78, 5) is 26.8. The van der Waals surface area contributed by atoms with Gasteiger partial charge in [0.15, 0.2) is 5.54 Å². The lowest BCUT2D eigenvalue weighted by Crippen LogP contribution is -2.61. The van der Waals surface area contributed by atoms with Gasteiger partial charge in [0.05, 0.1) is 32.4 Å². The summed E-state index contributed by atoms with van der Waals surface area (Å²) in [5.74, 6) is -1.08. The summed E-state index contributed by atoms with van der Waals surface area (Å²) in [5.41, 5.74) is -1.10. The summed E-state index contributed by atoms with van der Waals surface area (Å²) in [7, 11) is 1.22. The molecule has 0 bridgehead atoms. The van der Waals surface area contributed by atoms with E-state index in [0.29, 0.717) is 6.61 Å². The smallest absolute Gasteiger partial charge is 0.333 e. The predicted octanol–water partition coefficient (Wildman–Crippen LogP) is 1.22. The molecule has 1 aromatic rings. The van der Waals surface area contributed by atoms with E-state index in [9.17, 15) is 14.7 Å². The van der Waals surface area contributed by atoms with Crippen LogP contribution in [0.25, 0.3) is 0 Å². The molecule has 0 unspecified atom stereocenters. The zero-order chi connectivity index (χ0) is 19.5. The molecule has 7 nitrogen and oxygen atoms in total. The topological polar surface area (TPSA) is 88.1 Å². The lowest BCUT2D eigenvalue weighted by molar-refractivity contribution is -0.154. The molecule has 1 aliphatic heterocycles. The van der Waals surface area contributed by atoms with E-state index in [1.165, 1.54) is 14.0 Å². The zero-order valence-corrected chi connectivity index (χ0v) is 16.0. The van der Waals surface area contributed by atoms with Crippen molar-refractivity contribution >= 4 is 11.9 Å². The second kappa shape index (κ2) is 7.73. The van der Waals surface area contributed by atoms with Crippen LogP contribution in [0.15, 0.2) is 30.3 Å². The number of benzene rings is 1. The molecule has 1 heterocycles. The Morgan fingerprint density at radius 1 is 1.42 bits per heavy atom. The fraction of sp³-hybridized carbons (Fsp3) is 0.579. The molecule has 1 amide bonds. The van der Waals surface area contributed by atoms with Gasteiger partial charge in [-0.25, -0.2) is 4.79 Å². The number of carbonyl (C=O) groups is 2. The van der Waals surface area contributed by atoms with Crippen LogP contribution in [-0.4, -0.2) is 59.5 Å². The Labute approximate surface area is 154 Å². The van der Waals surface area contributed by atoms with Crippen LogP contribution in [0.5, 0.6) is 0 Å². The molecule has 1 aromatic carbocycles. The van der Waals surface area contributed by atoms with Crippen LogP contribution in [0.1, 0.15) is 39.3 Å². The van der Waals surface area contributed by atoms with Crippen molar-refractivity contribution in [2.45, 2.75) is 51.0 Å². The third-order valence-corrected chi connectivity index (χ3v) is 4.88. The molecule has 2 rings (SSSR count). The number of nitrogens with one attached hydrogen (secondary N) is 1. The minimum atomic E-state index is -1.49. The second-order valence-corrected chi connectivity index (χ2v) is 7.24. The predicted molar refractivity (Wildman–Crippen MR) is 96.2 cm³/mol. The van der Waals surface area contributed by atoms with Gasteiger partial charge in [-0.1, -0.05) is 30.3 Å². The van der Waals surface area contributed by atoms with Gasteiger partial charge < -0.3 is 19.9 Å². The summed E-state index contributed by atoms with van der Waals surface area (Å²) in [6.45, 7) is 6.92. The maximum absolute atomic E-state index is 12.9. The van der Waals surface area contributed by atoms with Gasteiger partial charge >= 0.3 is 5.97 Å². The molecule has 0 spiro atoms. The number of aliphatic hydroxyl groups is 1. The summed E-state index contributed by atoms with van der Waals surface area (Å²) >= 11 is 0. The maximum Gasteiger partial charge on any atom is 0.333 e. The first kappa shape index (κ1) is 20.4. The number of hydrogen-bond donors (Lipinski definition) is 2. The molecular formula is C19H28N2O5. The van der Waals surface area contributed by atoms with Crippen LogP contribution >= 0.6 is 0 Å². The second-order valence-electron chi connectivity index (χ2n) is 7.24. The average Bonchev–Trinajstić information content (AvgIpc) is 2.95. The molecule has 0 saturated carbocycles. The largest absolute Gasteiger partial charge is 0.467 e. The van der Waals surface area contributed by atoms with Gasteiger partial charge in [0.1, 0.15) is 5.72 Å². The van der Waals surface area contributed by atoms with Crippen LogP contribution in [0.4, 0.5) is 0 Å². The van der Waals surface area contributed by atoms with Gasteiger partial charge in [0.25, 0.3) is 0 Å². The van der Waals surface area contributed by atoms with Crippen molar-refractivity contribution in [3.05, 3.63) is 35.9 Å². The Morgan fingerprint density at radius 2 is 2.04 bits per heavy atom. The molecule has 0 aliphatic carbocycles. The van der Waals surface area contributed by atoms with Crippen LogP contribution in [-0.2, 0) is 19.1 Å². The Kier molecular flexibility index (Phi) is 6.05. The van der Waals surface area contributed by atoms with Crippen molar-refractivity contribution < 1.29 is 24.2 Å². The number of esters is 1. The number of nitrogens with zero attached hydrogens (tertiary/aromatic N) is 1. The van der Waals surface area contributed by atoms with Gasteiger partial charge in [-0.05, 0) is 33.3 Å². The molecule has 0 aromatic heterocycles. The van der Waals surface area contributed by atoms with Gasteiger partial charge in [0.2, 0.25) is 5.91 Å². The van der Waals surface area contributed by atoms with E-state index >= 15 is 0 Å². The number of amides is 1. The van der Waals surface area contributed by atoms with Gasteiger partial charge in [-0.15, -0.1) is 0 Å². The molecule has 1 aliphatic rings. The first-order valence-corrected chi connectivity index (χ1v) is 8.65. The van der Waals surface area contributed by atoms with Crippen LogP contribution in [0.2, 0.25) is 0 Å². The summed E-state index contributed by atoms with van der Waals surface area (Å²) in [5, 5.41) is 12.2. The fourth-order valence-electron chi connectivity index (χ4n) is 3.36. The van der Waals surface area contributed by atoms with Crippen molar-refractivity contribution in [2.24, 2.45) is 0 Å². The van der Waals surface area contributed by atoms with Crippen molar-refractivity contribution in [2.75, 3.05) is 20.3 Å². The van der Waals surface area contributed by atoms with E-state index in [4.69, 9.17) is 9.47 Å². The van der Waals surface area contributed by atoms with Crippen LogP contribution < -0.4 is 5.32 Å². The minimum absolute atomic E-state index is 0.0922. The maximum atomic E-state index is 12.9. The quantitative estimate of drug-likeness (QED) is 0.738. The normalized spacial score (nSPS) is 23.1. The first-order chi connectivity index (χ1) is 12.2. The molecule has 7 heteroatoms. The number of methoxy groups -OCH3 is 1. The lowest BCUT2D eigenvalue weighted by Gasteiger charge is -2.39. The summed E-state index contributed by atoms with van der Waals surface area (Å²) in [6.07, 6.45) is 0. The Bertz CT molecular complexity index is 649. The highest BCUT2D eigenvalue weighted by Crippen LogP contribution is 2.38. The molecule has 1 fully saturated rings. The molecule has 26 heavy (non-hydrogen) atoms. The summed E-state index contributed by atoms with van der Waals surface area (Å²) < 4.78 is 10.6. The van der Waals surface area contributed by atoms with Crippen molar-refractivity contribution in [1.29, 1.82) is 0 Å². The third-order valence-electron chi connectivity index (χ3n) is 4.88. The first-order valence-electron chi connectivity index (χ1n) is 8.65. The lowest BCUT2D eigenvalue weighted by atomic mass is 10.0. The number of aliphatic hydroxyl groups excluding tert-OH is 1. The molecule has 0 radical (unpaired) electrons. The molecular weight excluding hydrogens is 336 g/mol. The van der Waals surface area contributed by atoms with E-state index in [1.807, 2.05) is 49.1 Å². The van der Waals surface area contributed by atoms with Crippen molar-refractivity contribution in [1.82, 2.24) is 10.2 Å². The molecule has 2 N–H and O–H groups in total. The van der Waals surface area contributed by atoms with E-state index in [1.54, 1.807) is 6.92 Å². The Balaban J connectivity index is 2.25. The van der Waals surface area contributed by atoms with Crippen LogP contribution in [0.3, 0.4) is 0 Å². The zero-order valence-electron chi connectivity index (χ0n) is 16.0. The van der Waals surface area contributed by atoms with E-state index in [0.717, 1.165) is 5.56 Å². The Hall–Kier alpha value is -1.96. The van der Waals surface area contributed by atoms with Crippen molar-refractivity contribution in [3.63, 3.8) is 0 Å². The number of rotatable bonds is 6. The number of hydrogen-bond acceptors (Lipinski definition) is 6. The van der Waals surface area contributed by atoms with Crippen molar-refractivity contribution in [3.8, 4) is 0 Å². The van der Waals surface area contributed by atoms with E-state index < -0.39 is 29.9 Å². The summed E-state index contributed by atoms with van der Waals surface area (Å²) in [6, 6.07) is 9.15. The highest BCUT2D eigenvalue weighted by molar-refractivity contribution is 5.90. The highest BCUT2D eigenvalue weighted by Gasteiger charge is 2.47. The van der Waals surface area contributed by atoms with E-state index in [2.05, 4.69) is 5.32 Å². The average molecular weight is 364 g/mol. The molecule has 3 atom stereocenters. The van der Waals surface area contributed by atoms with Crippen LogP contribution in [0, 0.1) is 0 Å². The molecule has 144 valence electrons. The fourth-order valence-corrected chi connectivity index (χ4v) is 3.36. The van der Waals surface area contributed by atoms with E-state index in [-0.39, 0.29) is 11.9 Å². The minimum Gasteiger partial charge on any atom is -0.467 e. The Morgan fingerprint density at radius 3 is 2.58 bits per heavy atom. The number of carbonyl (C=O) groups excluding carboxylic acids is 2.